The van der Waals surface area contributed by atoms with Gasteiger partial charge in [-0.25, -0.2) is 0 Å². The van der Waals surface area contributed by atoms with Crippen LogP contribution in [-0.2, 0) is 0 Å². The number of hydrogen-bond acceptors (Lipinski definition) is 1. The Morgan fingerprint density at radius 3 is 2.38 bits per heavy atom. The highest BCUT2D eigenvalue weighted by molar-refractivity contribution is 5.77. The maximum absolute atomic E-state index is 11.8. The van der Waals surface area contributed by atoms with Crippen LogP contribution in [0.3, 0.4) is 0 Å². The van der Waals surface area contributed by atoms with Gasteiger partial charge in [0.15, 0.2) is 5.96 Å². The van der Waals surface area contributed by atoms with Crippen LogP contribution in [0.25, 0.3) is 0 Å². The molecule has 3 nitrogen and oxygen atoms in total. The van der Waals surface area contributed by atoms with Crippen LogP contribution in [0.1, 0.15) is 13.3 Å². The van der Waals surface area contributed by atoms with Gasteiger partial charge in [0.25, 0.3) is 0 Å². The topological polar surface area (TPSA) is 41.6 Å². The van der Waals surface area contributed by atoms with Crippen molar-refractivity contribution in [1.82, 2.24) is 4.90 Å². The van der Waals surface area contributed by atoms with Gasteiger partial charge in [-0.15, -0.1) is 0 Å². The average Bonchev–Trinajstić information content (AvgIpc) is 1.96. The van der Waals surface area contributed by atoms with Gasteiger partial charge in [0, 0.05) is 13.6 Å². The lowest BCUT2D eigenvalue weighted by molar-refractivity contribution is -0.135. The first-order valence-electron chi connectivity index (χ1n) is 3.94. The molecule has 13 heavy (non-hydrogen) atoms. The molecule has 0 saturated heterocycles. The van der Waals surface area contributed by atoms with Crippen molar-refractivity contribution in [3.63, 3.8) is 0 Å². The minimum Gasteiger partial charge on any atom is -0.370 e. The molecule has 0 aliphatic heterocycles. The largest absolute Gasteiger partial charge is 0.406 e. The normalized spacial score (nSPS) is 13.2. The smallest absolute Gasteiger partial charge is 0.370 e. The first kappa shape index (κ1) is 12.1. The maximum Gasteiger partial charge on any atom is 0.406 e. The number of aliphatic imine (C=N–C) groups is 1. The van der Waals surface area contributed by atoms with Gasteiger partial charge in [-0.2, -0.15) is 13.2 Å². The number of nitrogens with two attached hydrogens (primary N) is 1. The molecule has 0 rings (SSSR count). The van der Waals surface area contributed by atoms with Gasteiger partial charge in [-0.05, 0) is 6.42 Å². The second-order valence-corrected chi connectivity index (χ2v) is 2.71. The van der Waals surface area contributed by atoms with Crippen LogP contribution in [0.5, 0.6) is 0 Å². The van der Waals surface area contributed by atoms with Crippen molar-refractivity contribution in [3.05, 3.63) is 0 Å². The van der Waals surface area contributed by atoms with E-state index in [-0.39, 0.29) is 5.96 Å². The number of alkyl halides is 3. The van der Waals surface area contributed by atoms with Crippen molar-refractivity contribution in [1.29, 1.82) is 0 Å². The zero-order valence-electron chi connectivity index (χ0n) is 7.73. The Morgan fingerprint density at radius 2 is 2.00 bits per heavy atom. The number of nitrogens with zero attached hydrogens (tertiary/aromatic N) is 2. The minimum atomic E-state index is -4.24. The van der Waals surface area contributed by atoms with Crippen LogP contribution in [0.2, 0.25) is 0 Å². The molecule has 0 heterocycles. The third-order valence-corrected chi connectivity index (χ3v) is 1.30. The quantitative estimate of drug-likeness (QED) is 0.545. The van der Waals surface area contributed by atoms with Gasteiger partial charge in [-0.1, -0.05) is 6.92 Å². The summed E-state index contributed by atoms with van der Waals surface area (Å²) in [5.74, 6) is -0.0702. The van der Waals surface area contributed by atoms with Gasteiger partial charge in [-0.3, -0.25) is 4.99 Å². The molecule has 78 valence electrons. The number of hydrogen-bond donors (Lipinski definition) is 1. The molecule has 0 spiro atoms. The van der Waals surface area contributed by atoms with Crippen molar-refractivity contribution in [2.24, 2.45) is 10.7 Å². The summed E-state index contributed by atoms with van der Waals surface area (Å²) in [5, 5.41) is 0. The third-order valence-electron chi connectivity index (χ3n) is 1.30. The molecule has 0 atom stereocenters. The fourth-order valence-electron chi connectivity index (χ4n) is 0.697. The first-order chi connectivity index (χ1) is 5.87. The number of guanidine groups is 1. The first-order valence-corrected chi connectivity index (χ1v) is 3.94. The number of rotatable bonds is 3. The fraction of sp³-hybridized carbons (Fsp3) is 0.857. The summed E-state index contributed by atoms with van der Waals surface area (Å²) in [7, 11) is 1.27. The molecule has 0 radical (unpaired) electrons. The average molecular weight is 197 g/mol. The van der Waals surface area contributed by atoms with E-state index in [0.717, 1.165) is 11.3 Å². The summed E-state index contributed by atoms with van der Waals surface area (Å²) in [6.07, 6.45) is -3.47. The summed E-state index contributed by atoms with van der Waals surface area (Å²) in [5.41, 5.74) is 5.29. The zero-order valence-corrected chi connectivity index (χ0v) is 7.73. The van der Waals surface area contributed by atoms with E-state index in [1.807, 2.05) is 6.92 Å². The summed E-state index contributed by atoms with van der Waals surface area (Å²) >= 11 is 0. The lowest BCUT2D eigenvalue weighted by Gasteiger charge is -2.19. The van der Waals surface area contributed by atoms with Crippen LogP contribution in [-0.4, -0.2) is 37.2 Å². The molecular formula is C7H14F3N3. The van der Waals surface area contributed by atoms with Gasteiger partial charge in [0.2, 0.25) is 0 Å². The van der Waals surface area contributed by atoms with Crippen LogP contribution < -0.4 is 5.73 Å². The van der Waals surface area contributed by atoms with E-state index in [1.165, 1.54) is 7.05 Å². The molecule has 0 aromatic carbocycles. The minimum absolute atomic E-state index is 0.0702. The fourth-order valence-corrected chi connectivity index (χ4v) is 0.697. The monoisotopic (exact) mass is 197 g/mol. The predicted octanol–water partition coefficient (Wildman–Crippen LogP) is 1.21. The highest BCUT2D eigenvalue weighted by atomic mass is 19.4. The van der Waals surface area contributed by atoms with E-state index in [9.17, 15) is 13.2 Å². The van der Waals surface area contributed by atoms with E-state index in [1.54, 1.807) is 0 Å². The summed E-state index contributed by atoms with van der Waals surface area (Å²) < 4.78 is 35.5. The Labute approximate surface area is 75.4 Å². The van der Waals surface area contributed by atoms with Crippen molar-refractivity contribution in [2.45, 2.75) is 19.5 Å². The molecule has 0 amide bonds. The Balaban J connectivity index is 4.03. The number of halogens is 3. The molecule has 0 aliphatic carbocycles. The van der Waals surface area contributed by atoms with Gasteiger partial charge >= 0.3 is 6.18 Å². The zero-order chi connectivity index (χ0) is 10.5. The summed E-state index contributed by atoms with van der Waals surface area (Å²) in [6, 6.07) is 0. The molecule has 0 aromatic rings. The maximum atomic E-state index is 11.8. The second kappa shape index (κ2) is 4.94. The SMILES string of the molecule is CCCN=C(N)N(C)CC(F)(F)F. The van der Waals surface area contributed by atoms with E-state index in [0.29, 0.717) is 6.54 Å². The molecular weight excluding hydrogens is 183 g/mol. The molecule has 0 aliphatic rings. The predicted molar refractivity (Wildman–Crippen MR) is 45.5 cm³/mol. The third kappa shape index (κ3) is 6.24. The van der Waals surface area contributed by atoms with Crippen LogP contribution in [0.15, 0.2) is 4.99 Å². The Kier molecular flexibility index (Phi) is 4.58. The van der Waals surface area contributed by atoms with E-state index < -0.39 is 12.7 Å². The van der Waals surface area contributed by atoms with Gasteiger partial charge < -0.3 is 10.6 Å². The second-order valence-electron chi connectivity index (χ2n) is 2.71. The molecule has 0 unspecified atom stereocenters. The highest BCUT2D eigenvalue weighted by Gasteiger charge is 2.29. The lowest BCUT2D eigenvalue weighted by atomic mass is 10.5. The molecule has 2 N–H and O–H groups in total. The molecule has 0 aromatic heterocycles. The Hall–Kier alpha value is -0.940. The van der Waals surface area contributed by atoms with Crippen LogP contribution >= 0.6 is 0 Å². The molecule has 6 heteroatoms. The highest BCUT2D eigenvalue weighted by Crippen LogP contribution is 2.15. The van der Waals surface area contributed by atoms with E-state index in [4.69, 9.17) is 5.73 Å². The van der Waals surface area contributed by atoms with E-state index >= 15 is 0 Å². The van der Waals surface area contributed by atoms with Crippen molar-refractivity contribution in [3.8, 4) is 0 Å². The van der Waals surface area contributed by atoms with Crippen LogP contribution in [0.4, 0.5) is 13.2 Å². The summed E-state index contributed by atoms with van der Waals surface area (Å²) in [4.78, 5) is 4.63. The Bertz CT molecular complexity index is 176. The molecule has 0 bridgehead atoms. The molecule has 0 saturated carbocycles. The van der Waals surface area contributed by atoms with Gasteiger partial charge in [0.1, 0.15) is 6.54 Å². The lowest BCUT2D eigenvalue weighted by Crippen LogP contribution is -2.40. The Morgan fingerprint density at radius 1 is 1.46 bits per heavy atom. The van der Waals surface area contributed by atoms with Crippen molar-refractivity contribution in [2.75, 3.05) is 20.1 Å². The van der Waals surface area contributed by atoms with Crippen molar-refractivity contribution < 1.29 is 13.2 Å². The molecule has 0 fully saturated rings. The standard InChI is InChI=1S/C7H14F3N3/c1-3-4-12-6(11)13(2)5-7(8,9)10/h3-5H2,1-2H3,(H2,11,12). The van der Waals surface area contributed by atoms with E-state index in [2.05, 4.69) is 4.99 Å². The van der Waals surface area contributed by atoms with Crippen LogP contribution in [0, 0.1) is 0 Å². The summed E-state index contributed by atoms with van der Waals surface area (Å²) in [6.45, 7) is 1.26. The van der Waals surface area contributed by atoms with Gasteiger partial charge in [0.05, 0.1) is 0 Å². The van der Waals surface area contributed by atoms with Crippen molar-refractivity contribution >= 4 is 5.96 Å².